The summed E-state index contributed by atoms with van der Waals surface area (Å²) in [5, 5.41) is 11.3. The second-order valence-electron chi connectivity index (χ2n) is 6.57. The van der Waals surface area contributed by atoms with Gasteiger partial charge in [-0.25, -0.2) is 9.29 Å². The third-order valence-electron chi connectivity index (χ3n) is 4.60. The minimum Gasteiger partial charge on any atom is -0.322 e. The van der Waals surface area contributed by atoms with E-state index in [0.29, 0.717) is 5.69 Å². The number of carbonyl (C=O) groups excluding carboxylic acids is 3. The Balaban J connectivity index is 1.49. The minimum absolute atomic E-state index is 0.0234. The fourth-order valence-corrected chi connectivity index (χ4v) is 3.20. The lowest BCUT2D eigenvalue weighted by Gasteiger charge is -2.20. The molecule has 0 spiro atoms. The summed E-state index contributed by atoms with van der Waals surface area (Å²) < 4.78 is 13.7. The average molecular weight is 381 g/mol. The number of carbonyl (C=O) groups is 3. The fourth-order valence-electron chi connectivity index (χ4n) is 3.20. The maximum atomic E-state index is 13.7. The van der Waals surface area contributed by atoms with Crippen LogP contribution in [0.2, 0.25) is 0 Å². The van der Waals surface area contributed by atoms with Crippen LogP contribution < -0.4 is 10.2 Å². The van der Waals surface area contributed by atoms with Crippen molar-refractivity contribution in [3.63, 3.8) is 0 Å². The lowest BCUT2D eigenvalue weighted by atomic mass is 10.1. The molecule has 8 nitrogen and oxygen atoms in total. The molecule has 0 aliphatic carbocycles. The molecule has 2 aliphatic heterocycles. The highest BCUT2D eigenvalue weighted by Gasteiger charge is 2.55. The van der Waals surface area contributed by atoms with Crippen molar-refractivity contribution >= 4 is 29.1 Å². The Morgan fingerprint density at radius 3 is 2.54 bits per heavy atom. The SMILES string of the molecule is Cc1ccc(N2C(=O)C3N=NN(CC(=O)Nc4ccccc4F)C3C2=O)cc1. The van der Waals surface area contributed by atoms with Crippen LogP contribution in [0.15, 0.2) is 58.9 Å². The van der Waals surface area contributed by atoms with E-state index in [1.807, 2.05) is 6.92 Å². The average Bonchev–Trinajstić information content (AvgIpc) is 3.18. The summed E-state index contributed by atoms with van der Waals surface area (Å²) in [7, 11) is 0. The number of anilines is 2. The number of aryl methyl sites for hydroxylation is 1. The Bertz CT molecular complexity index is 991. The van der Waals surface area contributed by atoms with Crippen molar-refractivity contribution in [2.45, 2.75) is 19.0 Å². The first-order valence-electron chi connectivity index (χ1n) is 8.62. The molecule has 1 fully saturated rings. The van der Waals surface area contributed by atoms with Gasteiger partial charge in [0.25, 0.3) is 11.8 Å². The van der Waals surface area contributed by atoms with E-state index in [2.05, 4.69) is 15.7 Å². The van der Waals surface area contributed by atoms with Crippen molar-refractivity contribution in [2.24, 2.45) is 10.3 Å². The van der Waals surface area contributed by atoms with Crippen LogP contribution in [-0.2, 0) is 14.4 Å². The van der Waals surface area contributed by atoms with Crippen LogP contribution in [0.5, 0.6) is 0 Å². The first-order chi connectivity index (χ1) is 13.5. The van der Waals surface area contributed by atoms with Gasteiger partial charge >= 0.3 is 0 Å². The summed E-state index contributed by atoms with van der Waals surface area (Å²) in [6.45, 7) is 1.57. The summed E-state index contributed by atoms with van der Waals surface area (Å²) in [4.78, 5) is 38.8. The number of hydrogen-bond donors (Lipinski definition) is 1. The molecule has 142 valence electrons. The lowest BCUT2D eigenvalue weighted by molar-refractivity contribution is -0.123. The Kier molecular flexibility index (Phi) is 4.34. The van der Waals surface area contributed by atoms with Gasteiger partial charge in [-0.1, -0.05) is 35.1 Å². The Morgan fingerprint density at radius 1 is 1.11 bits per heavy atom. The normalized spacial score (nSPS) is 20.6. The number of hydrogen-bond acceptors (Lipinski definition) is 6. The standard InChI is InChI=1S/C19H16FN5O3/c1-11-6-8-12(9-7-11)25-18(27)16-17(19(25)28)24(23-22-16)10-15(26)21-14-5-3-2-4-13(14)20/h2-9,16-17H,10H2,1H3,(H,21,26). The summed E-state index contributed by atoms with van der Waals surface area (Å²) >= 11 is 0. The quantitative estimate of drug-likeness (QED) is 0.821. The highest BCUT2D eigenvalue weighted by Crippen LogP contribution is 2.31. The molecule has 2 heterocycles. The van der Waals surface area contributed by atoms with Crippen molar-refractivity contribution in [3.05, 3.63) is 59.9 Å². The Labute approximate surface area is 159 Å². The Hall–Kier alpha value is -3.62. The van der Waals surface area contributed by atoms with E-state index in [-0.39, 0.29) is 12.2 Å². The minimum atomic E-state index is -0.991. The molecule has 2 aromatic carbocycles. The first-order valence-corrected chi connectivity index (χ1v) is 8.62. The summed E-state index contributed by atoms with van der Waals surface area (Å²) in [5.41, 5.74) is 1.46. The van der Waals surface area contributed by atoms with Gasteiger partial charge in [0, 0.05) is 0 Å². The van der Waals surface area contributed by atoms with Gasteiger partial charge in [-0.05, 0) is 31.2 Å². The van der Waals surface area contributed by atoms with Crippen LogP contribution in [0.25, 0.3) is 0 Å². The maximum absolute atomic E-state index is 13.7. The summed E-state index contributed by atoms with van der Waals surface area (Å²) in [5.74, 6) is -2.13. The van der Waals surface area contributed by atoms with E-state index in [1.165, 1.54) is 18.2 Å². The molecule has 0 bridgehead atoms. The van der Waals surface area contributed by atoms with Crippen molar-refractivity contribution in [2.75, 3.05) is 16.8 Å². The molecule has 0 aromatic heterocycles. The number of nitrogens with one attached hydrogen (secondary N) is 1. The van der Waals surface area contributed by atoms with Crippen LogP contribution in [0.3, 0.4) is 0 Å². The van der Waals surface area contributed by atoms with Gasteiger partial charge in [0.15, 0.2) is 12.1 Å². The van der Waals surface area contributed by atoms with Crippen molar-refractivity contribution < 1.29 is 18.8 Å². The highest BCUT2D eigenvalue weighted by atomic mass is 19.1. The zero-order valence-electron chi connectivity index (χ0n) is 14.9. The molecular formula is C19H16FN5O3. The van der Waals surface area contributed by atoms with Crippen molar-refractivity contribution in [3.8, 4) is 0 Å². The number of fused-ring (bicyclic) bond motifs is 1. The van der Waals surface area contributed by atoms with E-state index < -0.39 is 35.6 Å². The molecule has 2 aromatic rings. The molecule has 4 rings (SSSR count). The van der Waals surface area contributed by atoms with Gasteiger partial charge in [0.05, 0.1) is 11.4 Å². The summed E-state index contributed by atoms with van der Waals surface area (Å²) in [6.07, 6.45) is 0. The monoisotopic (exact) mass is 381 g/mol. The van der Waals surface area contributed by atoms with E-state index in [9.17, 15) is 18.8 Å². The zero-order valence-corrected chi connectivity index (χ0v) is 14.9. The van der Waals surface area contributed by atoms with Gasteiger partial charge in [0.2, 0.25) is 5.91 Å². The molecule has 3 amide bonds. The maximum Gasteiger partial charge on any atom is 0.263 e. The van der Waals surface area contributed by atoms with Gasteiger partial charge in [-0.3, -0.25) is 19.4 Å². The molecule has 2 aliphatic rings. The molecule has 0 saturated carbocycles. The smallest absolute Gasteiger partial charge is 0.263 e. The van der Waals surface area contributed by atoms with E-state index in [1.54, 1.807) is 30.3 Å². The molecule has 28 heavy (non-hydrogen) atoms. The molecule has 1 saturated heterocycles. The molecule has 1 N–H and O–H groups in total. The predicted octanol–water partition coefficient (Wildman–Crippen LogP) is 2.07. The van der Waals surface area contributed by atoms with Crippen molar-refractivity contribution in [1.82, 2.24) is 5.01 Å². The lowest BCUT2D eigenvalue weighted by Crippen LogP contribution is -2.43. The predicted molar refractivity (Wildman–Crippen MR) is 97.8 cm³/mol. The number of amides is 3. The highest BCUT2D eigenvalue weighted by molar-refractivity contribution is 6.25. The molecule has 2 atom stereocenters. The van der Waals surface area contributed by atoms with E-state index in [0.717, 1.165) is 15.5 Å². The van der Waals surface area contributed by atoms with Crippen LogP contribution in [0.4, 0.5) is 15.8 Å². The second kappa shape index (κ2) is 6.84. The van der Waals surface area contributed by atoms with Gasteiger partial charge in [-0.2, -0.15) is 5.11 Å². The number of nitrogens with zero attached hydrogens (tertiary/aromatic N) is 4. The van der Waals surface area contributed by atoms with E-state index >= 15 is 0 Å². The van der Waals surface area contributed by atoms with Crippen LogP contribution in [0, 0.1) is 12.7 Å². The van der Waals surface area contributed by atoms with Gasteiger partial charge < -0.3 is 5.32 Å². The fraction of sp³-hybridized carbons (Fsp3) is 0.211. The number of imide groups is 1. The number of benzene rings is 2. The zero-order chi connectivity index (χ0) is 19.8. The van der Waals surface area contributed by atoms with Gasteiger partial charge in [0.1, 0.15) is 12.4 Å². The van der Waals surface area contributed by atoms with Crippen LogP contribution in [-0.4, -0.2) is 41.4 Å². The largest absolute Gasteiger partial charge is 0.322 e. The topological polar surface area (TPSA) is 94.4 Å². The molecule has 9 heteroatoms. The number of rotatable bonds is 4. The van der Waals surface area contributed by atoms with Crippen LogP contribution in [0.1, 0.15) is 5.56 Å². The number of halogens is 1. The Morgan fingerprint density at radius 2 is 1.82 bits per heavy atom. The van der Waals surface area contributed by atoms with Crippen LogP contribution >= 0.6 is 0 Å². The second-order valence-corrected chi connectivity index (χ2v) is 6.57. The summed E-state index contributed by atoms with van der Waals surface area (Å²) in [6, 6.07) is 10.7. The van der Waals surface area contributed by atoms with Crippen molar-refractivity contribution in [1.29, 1.82) is 0 Å². The number of para-hydroxylation sites is 1. The third-order valence-corrected chi connectivity index (χ3v) is 4.60. The first kappa shape index (κ1) is 17.8. The van der Waals surface area contributed by atoms with Gasteiger partial charge in [-0.15, -0.1) is 0 Å². The third kappa shape index (κ3) is 3.00. The molecular weight excluding hydrogens is 365 g/mol. The molecule has 2 unspecified atom stereocenters. The molecule has 0 radical (unpaired) electrons. The van der Waals surface area contributed by atoms with E-state index in [4.69, 9.17) is 0 Å².